The van der Waals surface area contributed by atoms with Gasteiger partial charge in [0, 0.05) is 33.1 Å². The van der Waals surface area contributed by atoms with E-state index in [-0.39, 0.29) is 18.4 Å². The highest BCUT2D eigenvalue weighted by atomic mass is 35.5. The molecule has 0 saturated carbocycles. The van der Waals surface area contributed by atoms with Crippen LogP contribution < -0.4 is 11.5 Å². The van der Waals surface area contributed by atoms with Crippen LogP contribution in [0, 0.1) is 0 Å². The average molecular weight is 328 g/mol. The Labute approximate surface area is 130 Å². The van der Waals surface area contributed by atoms with Gasteiger partial charge >= 0.3 is 0 Å². The SMILES string of the molecule is Cl.NC(N)=Nc1nc(-c2c[nH]c3ccc(Cl)cc23)cs1. The third-order valence-electron chi connectivity index (χ3n) is 2.64. The molecule has 3 rings (SSSR count). The van der Waals surface area contributed by atoms with Crippen LogP contribution in [0.15, 0.2) is 34.8 Å². The fourth-order valence-corrected chi connectivity index (χ4v) is 2.73. The predicted octanol–water partition coefficient (Wildman–Crippen LogP) is 3.27. The third-order valence-corrected chi connectivity index (χ3v) is 3.61. The van der Waals surface area contributed by atoms with Crippen molar-refractivity contribution >= 4 is 57.3 Å². The maximum absolute atomic E-state index is 6.02. The second-order valence-corrected chi connectivity index (χ2v) is 5.22. The summed E-state index contributed by atoms with van der Waals surface area (Å²) in [4.78, 5) is 11.5. The van der Waals surface area contributed by atoms with Crippen LogP contribution in [0.1, 0.15) is 0 Å². The Morgan fingerprint density at radius 3 is 2.90 bits per heavy atom. The van der Waals surface area contributed by atoms with E-state index in [1.54, 1.807) is 0 Å². The highest BCUT2D eigenvalue weighted by Crippen LogP contribution is 2.33. The zero-order chi connectivity index (χ0) is 13.4. The molecule has 0 aliphatic rings. The van der Waals surface area contributed by atoms with Gasteiger partial charge in [-0.2, -0.15) is 4.99 Å². The number of hydrogen-bond donors (Lipinski definition) is 3. The van der Waals surface area contributed by atoms with Gasteiger partial charge in [-0.05, 0) is 18.2 Å². The molecule has 0 aliphatic heterocycles. The zero-order valence-corrected chi connectivity index (χ0v) is 12.5. The number of fused-ring (bicyclic) bond motifs is 1. The number of aromatic nitrogens is 2. The smallest absolute Gasteiger partial charge is 0.212 e. The summed E-state index contributed by atoms with van der Waals surface area (Å²) in [7, 11) is 0. The quantitative estimate of drug-likeness (QED) is 0.498. The summed E-state index contributed by atoms with van der Waals surface area (Å²) in [5.41, 5.74) is 13.5. The van der Waals surface area contributed by atoms with Crippen LogP contribution >= 0.6 is 35.3 Å². The molecular formula is C12H11Cl2N5S. The normalized spacial score (nSPS) is 10.2. The van der Waals surface area contributed by atoms with E-state index in [1.807, 2.05) is 29.8 Å². The minimum atomic E-state index is 0. The van der Waals surface area contributed by atoms with E-state index in [1.165, 1.54) is 11.3 Å². The van der Waals surface area contributed by atoms with Crippen molar-refractivity contribution in [2.45, 2.75) is 0 Å². The Bertz CT molecular complexity index is 773. The maximum atomic E-state index is 6.02. The van der Waals surface area contributed by atoms with Crippen molar-refractivity contribution in [2.75, 3.05) is 0 Å². The monoisotopic (exact) mass is 327 g/mol. The lowest BCUT2D eigenvalue weighted by atomic mass is 10.1. The first-order valence-electron chi connectivity index (χ1n) is 5.45. The van der Waals surface area contributed by atoms with Crippen LogP contribution in [0.2, 0.25) is 5.02 Å². The minimum absolute atomic E-state index is 0. The van der Waals surface area contributed by atoms with Crippen molar-refractivity contribution in [1.82, 2.24) is 9.97 Å². The molecule has 20 heavy (non-hydrogen) atoms. The number of guanidine groups is 1. The Balaban J connectivity index is 0.00000147. The van der Waals surface area contributed by atoms with Crippen molar-refractivity contribution in [2.24, 2.45) is 16.5 Å². The fourth-order valence-electron chi connectivity index (χ4n) is 1.85. The van der Waals surface area contributed by atoms with E-state index in [0.29, 0.717) is 10.2 Å². The van der Waals surface area contributed by atoms with Gasteiger partial charge in [0.05, 0.1) is 5.69 Å². The molecular weight excluding hydrogens is 317 g/mol. The average Bonchev–Trinajstić information content (AvgIpc) is 2.94. The zero-order valence-electron chi connectivity index (χ0n) is 10.1. The Morgan fingerprint density at radius 2 is 2.15 bits per heavy atom. The summed E-state index contributed by atoms with van der Waals surface area (Å²) in [5.74, 6) is 0.00266. The summed E-state index contributed by atoms with van der Waals surface area (Å²) in [6.45, 7) is 0. The Kier molecular flexibility index (Phi) is 4.17. The summed E-state index contributed by atoms with van der Waals surface area (Å²) in [5, 5.41) is 4.15. The van der Waals surface area contributed by atoms with Crippen molar-refractivity contribution in [1.29, 1.82) is 0 Å². The summed E-state index contributed by atoms with van der Waals surface area (Å²) >= 11 is 7.41. The number of aromatic amines is 1. The van der Waals surface area contributed by atoms with Gasteiger partial charge in [-0.25, -0.2) is 4.98 Å². The topological polar surface area (TPSA) is 93.1 Å². The molecule has 8 heteroatoms. The molecule has 0 saturated heterocycles. The molecule has 3 aromatic rings. The molecule has 0 atom stereocenters. The number of hydrogen-bond acceptors (Lipinski definition) is 3. The number of nitrogens with zero attached hydrogens (tertiary/aromatic N) is 2. The standard InChI is InChI=1S/C12H10ClN5S.ClH/c13-6-1-2-9-7(3-6)8(4-16-9)10-5-19-12(17-10)18-11(14)15;/h1-5,16H,(H4,14,15,17,18);1H. The Morgan fingerprint density at radius 1 is 1.35 bits per heavy atom. The van der Waals surface area contributed by atoms with Gasteiger partial charge < -0.3 is 16.5 Å². The molecule has 0 aliphatic carbocycles. The molecule has 0 unspecified atom stereocenters. The van der Waals surface area contributed by atoms with Crippen LogP contribution in [0.3, 0.4) is 0 Å². The molecule has 0 fully saturated rings. The van der Waals surface area contributed by atoms with E-state index in [0.717, 1.165) is 22.2 Å². The van der Waals surface area contributed by atoms with E-state index in [2.05, 4.69) is 15.0 Å². The van der Waals surface area contributed by atoms with Crippen molar-refractivity contribution < 1.29 is 0 Å². The number of halogens is 2. The van der Waals surface area contributed by atoms with Gasteiger partial charge in [0.25, 0.3) is 0 Å². The second kappa shape index (κ2) is 5.70. The first-order valence-corrected chi connectivity index (χ1v) is 6.71. The van der Waals surface area contributed by atoms with Gasteiger partial charge in [-0.15, -0.1) is 23.7 Å². The lowest BCUT2D eigenvalue weighted by Crippen LogP contribution is -2.21. The first kappa shape index (κ1) is 14.6. The van der Waals surface area contributed by atoms with Crippen molar-refractivity contribution in [3.63, 3.8) is 0 Å². The van der Waals surface area contributed by atoms with Gasteiger partial charge in [-0.1, -0.05) is 11.6 Å². The van der Waals surface area contributed by atoms with Crippen LogP contribution in [0.4, 0.5) is 5.13 Å². The molecule has 0 amide bonds. The molecule has 5 N–H and O–H groups in total. The van der Waals surface area contributed by atoms with Crippen LogP contribution in [0.25, 0.3) is 22.2 Å². The van der Waals surface area contributed by atoms with Gasteiger partial charge in [0.15, 0.2) is 5.96 Å². The number of aliphatic imine (C=N–C) groups is 1. The van der Waals surface area contributed by atoms with E-state index >= 15 is 0 Å². The molecule has 0 radical (unpaired) electrons. The fraction of sp³-hybridized carbons (Fsp3) is 0. The number of H-pyrrole nitrogens is 1. The summed E-state index contributed by atoms with van der Waals surface area (Å²) in [6.07, 6.45) is 1.90. The lowest BCUT2D eigenvalue weighted by Gasteiger charge is -1.95. The molecule has 1 aromatic carbocycles. The molecule has 5 nitrogen and oxygen atoms in total. The highest BCUT2D eigenvalue weighted by Gasteiger charge is 2.10. The number of rotatable bonds is 2. The summed E-state index contributed by atoms with van der Waals surface area (Å²) in [6, 6.07) is 5.68. The van der Waals surface area contributed by atoms with Crippen LogP contribution in [-0.2, 0) is 0 Å². The Hall–Kier alpha value is -1.76. The minimum Gasteiger partial charge on any atom is -0.370 e. The van der Waals surface area contributed by atoms with Gasteiger partial charge in [0.2, 0.25) is 5.13 Å². The largest absolute Gasteiger partial charge is 0.370 e. The number of benzene rings is 1. The molecule has 0 spiro atoms. The number of thiazole rings is 1. The molecule has 104 valence electrons. The summed E-state index contributed by atoms with van der Waals surface area (Å²) < 4.78 is 0. The van der Waals surface area contributed by atoms with Crippen molar-refractivity contribution in [3.05, 3.63) is 34.8 Å². The third kappa shape index (κ3) is 2.72. The van der Waals surface area contributed by atoms with Crippen molar-refractivity contribution in [3.8, 4) is 11.3 Å². The molecule has 2 aromatic heterocycles. The molecule has 2 heterocycles. The highest BCUT2D eigenvalue weighted by molar-refractivity contribution is 7.13. The van der Waals surface area contributed by atoms with Gasteiger partial charge in [0.1, 0.15) is 0 Å². The maximum Gasteiger partial charge on any atom is 0.212 e. The number of nitrogens with two attached hydrogens (primary N) is 2. The first-order chi connectivity index (χ1) is 9.13. The van der Waals surface area contributed by atoms with Crippen LogP contribution in [0.5, 0.6) is 0 Å². The molecule has 0 bridgehead atoms. The van der Waals surface area contributed by atoms with Gasteiger partial charge in [-0.3, -0.25) is 0 Å². The second-order valence-electron chi connectivity index (χ2n) is 3.94. The predicted molar refractivity (Wildman–Crippen MR) is 87.1 cm³/mol. The van der Waals surface area contributed by atoms with E-state index in [9.17, 15) is 0 Å². The van der Waals surface area contributed by atoms with E-state index in [4.69, 9.17) is 23.1 Å². The number of nitrogens with one attached hydrogen (secondary N) is 1. The van der Waals surface area contributed by atoms with E-state index < -0.39 is 0 Å². The lowest BCUT2D eigenvalue weighted by molar-refractivity contribution is 1.33. The van der Waals surface area contributed by atoms with Crippen LogP contribution in [-0.4, -0.2) is 15.9 Å².